The number of rotatable bonds is 3. The summed E-state index contributed by atoms with van der Waals surface area (Å²) in [4.78, 5) is 0. The number of ether oxygens (including phenoxy) is 1. The van der Waals surface area contributed by atoms with Crippen LogP contribution in [0.3, 0.4) is 0 Å². The third kappa shape index (κ3) is 3.19. The van der Waals surface area contributed by atoms with E-state index in [-0.39, 0.29) is 5.60 Å². The smallest absolute Gasteiger partial charge is 0.107 e. The minimum atomic E-state index is 0.0272. The van der Waals surface area contributed by atoms with Gasteiger partial charge in [-0.05, 0) is 13.8 Å². The molecule has 1 nitrogen and oxygen atoms in total. The lowest BCUT2D eigenvalue weighted by Crippen LogP contribution is -1.95. The quantitative estimate of drug-likeness (QED) is 0.444. The molecule has 1 heteroatoms. The maximum absolute atomic E-state index is 5.16. The fourth-order valence-corrected chi connectivity index (χ4v) is 0.689. The Morgan fingerprint density at radius 1 is 1.55 bits per heavy atom. The molecule has 1 atom stereocenters. The van der Waals surface area contributed by atoms with Crippen molar-refractivity contribution in [2.75, 3.05) is 6.61 Å². The highest BCUT2D eigenvalue weighted by molar-refractivity contribution is 5.20. The number of allylic oxidation sites excluding steroid dienone is 4. The first kappa shape index (κ1) is 8.28. The van der Waals surface area contributed by atoms with E-state index < -0.39 is 0 Å². The Kier molecular flexibility index (Phi) is 2.30. The molecule has 1 saturated heterocycles. The maximum Gasteiger partial charge on any atom is 0.107 e. The Labute approximate surface area is 68.1 Å². The summed E-state index contributed by atoms with van der Waals surface area (Å²) in [6.07, 6.45) is 8.02. The summed E-state index contributed by atoms with van der Waals surface area (Å²) in [6.45, 7) is 8.64. The van der Waals surface area contributed by atoms with Gasteiger partial charge in [0.2, 0.25) is 0 Å². The first-order chi connectivity index (χ1) is 5.12. The van der Waals surface area contributed by atoms with Crippen molar-refractivity contribution in [1.29, 1.82) is 0 Å². The fourth-order valence-electron chi connectivity index (χ4n) is 0.689. The van der Waals surface area contributed by atoms with Crippen molar-refractivity contribution < 1.29 is 4.74 Å². The second-order valence-corrected chi connectivity index (χ2v) is 3.17. The molecule has 1 aliphatic heterocycles. The second kappa shape index (κ2) is 3.05. The lowest BCUT2D eigenvalue weighted by Gasteiger charge is -1.90. The predicted octanol–water partition coefficient (Wildman–Crippen LogP) is 2.46. The van der Waals surface area contributed by atoms with Gasteiger partial charge in [-0.3, -0.25) is 0 Å². The average molecular weight is 150 g/mol. The number of hydrogen-bond donors (Lipinski definition) is 0. The monoisotopic (exact) mass is 150 g/mol. The van der Waals surface area contributed by atoms with E-state index >= 15 is 0 Å². The van der Waals surface area contributed by atoms with Gasteiger partial charge in [0.25, 0.3) is 0 Å². The summed E-state index contributed by atoms with van der Waals surface area (Å²) < 4.78 is 5.16. The van der Waals surface area contributed by atoms with Crippen LogP contribution in [-0.2, 0) is 4.74 Å². The van der Waals surface area contributed by atoms with Crippen molar-refractivity contribution in [1.82, 2.24) is 0 Å². The van der Waals surface area contributed by atoms with Crippen molar-refractivity contribution in [3.8, 4) is 0 Å². The maximum atomic E-state index is 5.16. The van der Waals surface area contributed by atoms with E-state index in [2.05, 4.69) is 19.6 Å². The Morgan fingerprint density at radius 2 is 2.18 bits per heavy atom. The third-order valence-electron chi connectivity index (χ3n) is 1.54. The Balaban J connectivity index is 2.31. The summed E-state index contributed by atoms with van der Waals surface area (Å²) in [7, 11) is 0. The van der Waals surface area contributed by atoms with Gasteiger partial charge in [0.1, 0.15) is 5.60 Å². The van der Waals surface area contributed by atoms with Gasteiger partial charge >= 0.3 is 0 Å². The molecule has 0 aromatic carbocycles. The Bertz CT molecular complexity index is 207. The molecule has 0 N–H and O–H groups in total. The molecule has 0 radical (unpaired) electrons. The van der Waals surface area contributed by atoms with Crippen molar-refractivity contribution in [3.05, 3.63) is 36.5 Å². The lowest BCUT2D eigenvalue weighted by atomic mass is 10.2. The van der Waals surface area contributed by atoms with E-state index in [1.54, 1.807) is 0 Å². The van der Waals surface area contributed by atoms with Crippen LogP contribution in [0.25, 0.3) is 0 Å². The van der Waals surface area contributed by atoms with E-state index in [1.165, 1.54) is 0 Å². The molecule has 60 valence electrons. The van der Waals surface area contributed by atoms with Crippen LogP contribution in [0.15, 0.2) is 36.5 Å². The standard InChI is InChI=1S/C10H14O/c1-9(2)6-4-5-7-10(3)8-11-10/h4-7H,1,8H2,2-3H3. The minimum Gasteiger partial charge on any atom is -0.365 e. The van der Waals surface area contributed by atoms with Crippen LogP contribution < -0.4 is 0 Å². The van der Waals surface area contributed by atoms with Crippen LogP contribution in [0.2, 0.25) is 0 Å². The minimum absolute atomic E-state index is 0.0272. The molecule has 0 bridgehead atoms. The van der Waals surface area contributed by atoms with Crippen molar-refractivity contribution in [3.63, 3.8) is 0 Å². The predicted molar refractivity (Wildman–Crippen MR) is 47.5 cm³/mol. The van der Waals surface area contributed by atoms with Crippen molar-refractivity contribution in [2.24, 2.45) is 0 Å². The summed E-state index contributed by atoms with van der Waals surface area (Å²) >= 11 is 0. The molecule has 1 unspecified atom stereocenters. The summed E-state index contributed by atoms with van der Waals surface area (Å²) in [5, 5.41) is 0. The molecule has 1 fully saturated rings. The highest BCUT2D eigenvalue weighted by Crippen LogP contribution is 2.26. The largest absolute Gasteiger partial charge is 0.365 e. The zero-order valence-corrected chi connectivity index (χ0v) is 7.13. The molecule has 0 aromatic heterocycles. The normalized spacial score (nSPS) is 30.0. The van der Waals surface area contributed by atoms with Crippen LogP contribution in [-0.4, -0.2) is 12.2 Å². The summed E-state index contributed by atoms with van der Waals surface area (Å²) in [6, 6.07) is 0. The van der Waals surface area contributed by atoms with Gasteiger partial charge in [0.05, 0.1) is 6.61 Å². The van der Waals surface area contributed by atoms with Crippen LogP contribution in [0.4, 0.5) is 0 Å². The Hall–Kier alpha value is -0.820. The van der Waals surface area contributed by atoms with Crippen LogP contribution in [0.5, 0.6) is 0 Å². The molecule has 1 rings (SSSR count). The van der Waals surface area contributed by atoms with Gasteiger partial charge < -0.3 is 4.74 Å². The average Bonchev–Trinajstić information content (AvgIpc) is 2.62. The molecule has 1 aliphatic rings. The van der Waals surface area contributed by atoms with E-state index in [1.807, 2.05) is 25.2 Å². The van der Waals surface area contributed by atoms with Crippen LogP contribution in [0.1, 0.15) is 13.8 Å². The number of epoxide rings is 1. The molecule has 0 amide bonds. The van der Waals surface area contributed by atoms with Gasteiger partial charge in [0.15, 0.2) is 0 Å². The summed E-state index contributed by atoms with van der Waals surface area (Å²) in [5.74, 6) is 0. The van der Waals surface area contributed by atoms with E-state index in [0.717, 1.165) is 12.2 Å². The topological polar surface area (TPSA) is 12.5 Å². The zero-order chi connectivity index (χ0) is 8.32. The van der Waals surface area contributed by atoms with E-state index in [4.69, 9.17) is 4.74 Å². The first-order valence-corrected chi connectivity index (χ1v) is 3.78. The molecule has 0 saturated carbocycles. The second-order valence-electron chi connectivity index (χ2n) is 3.17. The molecule has 11 heavy (non-hydrogen) atoms. The van der Waals surface area contributed by atoms with Crippen LogP contribution in [0, 0.1) is 0 Å². The lowest BCUT2D eigenvalue weighted by molar-refractivity contribution is 0.370. The first-order valence-electron chi connectivity index (χ1n) is 3.78. The third-order valence-corrected chi connectivity index (χ3v) is 1.54. The molecule has 0 spiro atoms. The van der Waals surface area contributed by atoms with Gasteiger partial charge in [-0.2, -0.15) is 0 Å². The zero-order valence-electron chi connectivity index (χ0n) is 7.13. The Morgan fingerprint density at radius 3 is 2.64 bits per heavy atom. The molecular weight excluding hydrogens is 136 g/mol. The van der Waals surface area contributed by atoms with Gasteiger partial charge in [0, 0.05) is 0 Å². The fraction of sp³-hybridized carbons (Fsp3) is 0.400. The van der Waals surface area contributed by atoms with Gasteiger partial charge in [-0.25, -0.2) is 0 Å². The van der Waals surface area contributed by atoms with Gasteiger partial charge in [-0.1, -0.05) is 36.5 Å². The highest BCUT2D eigenvalue weighted by Gasteiger charge is 2.35. The summed E-state index contributed by atoms with van der Waals surface area (Å²) in [5.41, 5.74) is 1.09. The molecule has 0 aliphatic carbocycles. The van der Waals surface area contributed by atoms with E-state index in [9.17, 15) is 0 Å². The molecule has 1 heterocycles. The van der Waals surface area contributed by atoms with E-state index in [0.29, 0.717) is 0 Å². The van der Waals surface area contributed by atoms with Crippen molar-refractivity contribution >= 4 is 0 Å². The SMILES string of the molecule is C=C(C)C=CC=CC1(C)CO1. The molecule has 0 aromatic rings. The van der Waals surface area contributed by atoms with Crippen molar-refractivity contribution in [2.45, 2.75) is 19.4 Å². The van der Waals surface area contributed by atoms with Gasteiger partial charge in [-0.15, -0.1) is 0 Å². The highest BCUT2D eigenvalue weighted by atomic mass is 16.6. The number of hydrogen-bond acceptors (Lipinski definition) is 1. The van der Waals surface area contributed by atoms with Crippen LogP contribution >= 0.6 is 0 Å². The molecular formula is C10H14O.